The van der Waals surface area contributed by atoms with Gasteiger partial charge in [0.2, 0.25) is 0 Å². The van der Waals surface area contributed by atoms with Crippen LogP contribution in [0, 0.1) is 11.2 Å². The van der Waals surface area contributed by atoms with Crippen molar-refractivity contribution in [3.05, 3.63) is 35.6 Å². The molecule has 0 radical (unpaired) electrons. The molecule has 1 aromatic carbocycles. The van der Waals surface area contributed by atoms with Crippen molar-refractivity contribution in [3.63, 3.8) is 0 Å². The van der Waals surface area contributed by atoms with E-state index in [1.165, 1.54) is 12.1 Å². The Bertz CT molecular complexity index is 357. The van der Waals surface area contributed by atoms with Gasteiger partial charge in [0.05, 0.1) is 0 Å². The summed E-state index contributed by atoms with van der Waals surface area (Å²) in [6.45, 7) is 0.607. The van der Waals surface area contributed by atoms with E-state index in [1.54, 1.807) is 6.07 Å². The van der Waals surface area contributed by atoms with Crippen molar-refractivity contribution in [2.75, 3.05) is 13.2 Å². The monoisotopic (exact) mass is 223 g/mol. The lowest BCUT2D eigenvalue weighted by molar-refractivity contribution is 0.0191. The van der Waals surface area contributed by atoms with Gasteiger partial charge in [-0.2, -0.15) is 0 Å². The van der Waals surface area contributed by atoms with Crippen LogP contribution in [0.4, 0.5) is 4.39 Å². The van der Waals surface area contributed by atoms with Crippen LogP contribution in [0.5, 0.6) is 0 Å². The number of nitrogens with two attached hydrogens (primary N) is 1. The second kappa shape index (κ2) is 4.52. The highest BCUT2D eigenvalue weighted by Gasteiger charge is 2.43. The minimum atomic E-state index is -0.233. The Hall–Kier alpha value is -0.930. The summed E-state index contributed by atoms with van der Waals surface area (Å²) in [4.78, 5) is 0. The van der Waals surface area contributed by atoms with Gasteiger partial charge >= 0.3 is 0 Å². The summed E-state index contributed by atoms with van der Waals surface area (Å²) in [6, 6.07) is 6.57. The first-order chi connectivity index (χ1) is 7.72. The number of hydrogen-bond donors (Lipinski definition) is 2. The largest absolute Gasteiger partial charge is 0.396 e. The van der Waals surface area contributed by atoms with E-state index < -0.39 is 0 Å². The van der Waals surface area contributed by atoms with E-state index in [0.717, 1.165) is 24.8 Å². The molecule has 0 saturated heterocycles. The smallest absolute Gasteiger partial charge is 0.123 e. The lowest BCUT2D eigenvalue weighted by atomic mass is 9.60. The summed E-state index contributed by atoms with van der Waals surface area (Å²) in [5.41, 5.74) is 6.60. The molecule has 1 aromatic rings. The van der Waals surface area contributed by atoms with E-state index in [-0.39, 0.29) is 23.8 Å². The molecule has 0 unspecified atom stereocenters. The van der Waals surface area contributed by atoms with Crippen LogP contribution in [-0.2, 0) is 0 Å². The van der Waals surface area contributed by atoms with Gasteiger partial charge in [-0.15, -0.1) is 0 Å². The van der Waals surface area contributed by atoms with Crippen molar-refractivity contribution in [1.82, 2.24) is 0 Å². The zero-order chi connectivity index (χ0) is 11.6. The Morgan fingerprint density at radius 2 is 2.19 bits per heavy atom. The number of benzene rings is 1. The first kappa shape index (κ1) is 11.6. The van der Waals surface area contributed by atoms with Gasteiger partial charge in [0.1, 0.15) is 5.82 Å². The fraction of sp³-hybridized carbons (Fsp3) is 0.538. The minimum absolute atomic E-state index is 0.0712. The van der Waals surface area contributed by atoms with Gasteiger partial charge in [0, 0.05) is 17.9 Å². The van der Waals surface area contributed by atoms with E-state index >= 15 is 0 Å². The van der Waals surface area contributed by atoms with Crippen molar-refractivity contribution >= 4 is 0 Å². The topological polar surface area (TPSA) is 46.2 Å². The van der Waals surface area contributed by atoms with Gasteiger partial charge in [0.25, 0.3) is 0 Å². The van der Waals surface area contributed by atoms with Crippen LogP contribution in [0.1, 0.15) is 30.7 Å². The van der Waals surface area contributed by atoms with Gasteiger partial charge in [-0.3, -0.25) is 0 Å². The maximum Gasteiger partial charge on any atom is 0.123 e. The van der Waals surface area contributed by atoms with Gasteiger partial charge in [-0.1, -0.05) is 18.6 Å². The lowest BCUT2D eigenvalue weighted by Crippen LogP contribution is -2.42. The molecule has 2 rings (SSSR count). The lowest BCUT2D eigenvalue weighted by Gasteiger charge is -2.46. The molecule has 1 aliphatic carbocycles. The maximum absolute atomic E-state index is 13.2. The zero-order valence-electron chi connectivity index (χ0n) is 9.32. The molecule has 0 bridgehead atoms. The molecular formula is C13H18FNO. The Morgan fingerprint density at radius 1 is 1.44 bits per heavy atom. The number of aliphatic hydroxyl groups is 1. The predicted molar refractivity (Wildman–Crippen MR) is 61.6 cm³/mol. The number of hydrogen-bond acceptors (Lipinski definition) is 2. The summed E-state index contributed by atoms with van der Waals surface area (Å²) in [6.07, 6.45) is 3.11. The first-order valence-electron chi connectivity index (χ1n) is 5.78. The number of halogens is 1. The van der Waals surface area contributed by atoms with Gasteiger partial charge in [-0.05, 0) is 37.1 Å². The molecule has 0 amide bonds. The van der Waals surface area contributed by atoms with Crippen LogP contribution < -0.4 is 5.73 Å². The van der Waals surface area contributed by atoms with Crippen LogP contribution in [0.3, 0.4) is 0 Å². The summed E-state index contributed by atoms with van der Waals surface area (Å²) in [5, 5.41) is 9.52. The quantitative estimate of drug-likeness (QED) is 0.820. The summed E-state index contributed by atoms with van der Waals surface area (Å²) >= 11 is 0. The van der Waals surface area contributed by atoms with Crippen LogP contribution >= 0.6 is 0 Å². The van der Waals surface area contributed by atoms with E-state index in [1.807, 2.05) is 6.07 Å². The summed E-state index contributed by atoms with van der Waals surface area (Å²) in [5.74, 6) is -0.162. The Labute approximate surface area is 95.3 Å². The molecule has 2 nitrogen and oxygen atoms in total. The highest BCUT2D eigenvalue weighted by Crippen LogP contribution is 2.50. The van der Waals surface area contributed by atoms with E-state index in [4.69, 9.17) is 5.73 Å². The molecule has 0 aliphatic heterocycles. The van der Waals surface area contributed by atoms with Crippen molar-refractivity contribution < 1.29 is 9.50 Å². The van der Waals surface area contributed by atoms with Crippen LogP contribution in [-0.4, -0.2) is 18.3 Å². The summed E-state index contributed by atoms with van der Waals surface area (Å²) in [7, 11) is 0. The molecule has 16 heavy (non-hydrogen) atoms. The fourth-order valence-electron chi connectivity index (χ4n) is 2.71. The van der Waals surface area contributed by atoms with Crippen LogP contribution in [0.15, 0.2) is 24.3 Å². The Morgan fingerprint density at radius 3 is 2.62 bits per heavy atom. The molecule has 1 atom stereocenters. The molecule has 3 N–H and O–H groups in total. The standard InChI is InChI=1S/C13H18FNO/c14-11-4-1-3-10(7-11)12(8-15)13(9-16)5-2-6-13/h1,3-4,7,12,16H,2,5-6,8-9,15H2/t12-/m0/s1. The maximum atomic E-state index is 13.2. The van der Waals surface area contributed by atoms with Crippen molar-refractivity contribution in [2.45, 2.75) is 25.2 Å². The molecule has 0 aromatic heterocycles. The normalized spacial score (nSPS) is 20.2. The number of aliphatic hydroxyl groups excluding tert-OH is 1. The highest BCUT2D eigenvalue weighted by atomic mass is 19.1. The van der Waals surface area contributed by atoms with E-state index in [0.29, 0.717) is 6.54 Å². The fourth-order valence-corrected chi connectivity index (χ4v) is 2.71. The second-order valence-corrected chi connectivity index (χ2v) is 4.72. The molecule has 3 heteroatoms. The summed E-state index contributed by atoms with van der Waals surface area (Å²) < 4.78 is 13.2. The Balaban J connectivity index is 2.28. The Kier molecular flexibility index (Phi) is 3.26. The van der Waals surface area contributed by atoms with Gasteiger partial charge in [-0.25, -0.2) is 4.39 Å². The molecule has 1 fully saturated rings. The number of rotatable bonds is 4. The van der Waals surface area contributed by atoms with E-state index in [9.17, 15) is 9.50 Å². The van der Waals surface area contributed by atoms with Crippen molar-refractivity contribution in [1.29, 1.82) is 0 Å². The minimum Gasteiger partial charge on any atom is -0.396 e. The van der Waals surface area contributed by atoms with Gasteiger partial charge in [0.15, 0.2) is 0 Å². The first-order valence-corrected chi connectivity index (χ1v) is 5.78. The highest BCUT2D eigenvalue weighted by molar-refractivity contribution is 5.24. The van der Waals surface area contributed by atoms with Crippen LogP contribution in [0.2, 0.25) is 0 Å². The van der Waals surface area contributed by atoms with E-state index in [2.05, 4.69) is 0 Å². The molecular weight excluding hydrogens is 205 g/mol. The van der Waals surface area contributed by atoms with Gasteiger partial charge < -0.3 is 10.8 Å². The van der Waals surface area contributed by atoms with Crippen molar-refractivity contribution in [2.24, 2.45) is 11.1 Å². The molecule has 1 saturated carbocycles. The third kappa shape index (κ3) is 1.85. The third-order valence-corrected chi connectivity index (χ3v) is 3.89. The average Bonchev–Trinajstić information content (AvgIpc) is 2.23. The zero-order valence-corrected chi connectivity index (χ0v) is 9.32. The second-order valence-electron chi connectivity index (χ2n) is 4.72. The molecule has 0 heterocycles. The third-order valence-electron chi connectivity index (χ3n) is 3.89. The molecule has 0 spiro atoms. The van der Waals surface area contributed by atoms with Crippen molar-refractivity contribution in [3.8, 4) is 0 Å². The SMILES string of the molecule is NC[C@@H](c1cccc(F)c1)C1(CO)CCC1. The molecule has 1 aliphatic rings. The average molecular weight is 223 g/mol. The van der Waals surface area contributed by atoms with Crippen LogP contribution in [0.25, 0.3) is 0 Å². The molecule has 88 valence electrons. The predicted octanol–water partition coefficient (Wildman–Crippen LogP) is 2.03.